The van der Waals surface area contributed by atoms with Gasteiger partial charge in [0.25, 0.3) is 5.91 Å². The molecule has 2 heterocycles. The van der Waals surface area contributed by atoms with Crippen molar-refractivity contribution in [1.82, 2.24) is 15.1 Å². The maximum absolute atomic E-state index is 12.7. The number of nitrogens with zero attached hydrogens (tertiary/aromatic N) is 2. The van der Waals surface area contributed by atoms with Crippen molar-refractivity contribution in [3.63, 3.8) is 0 Å². The number of piperidine rings is 1. The molecule has 0 aliphatic carbocycles. The average Bonchev–Trinajstić information content (AvgIpc) is 2.92. The molecule has 0 spiro atoms. The van der Waals surface area contributed by atoms with Crippen molar-refractivity contribution in [2.45, 2.75) is 39.0 Å². The highest BCUT2D eigenvalue weighted by atomic mass is 16.2. The third kappa shape index (κ3) is 5.07. The Balaban J connectivity index is 1.49. The van der Waals surface area contributed by atoms with Gasteiger partial charge in [-0.15, -0.1) is 0 Å². The van der Waals surface area contributed by atoms with Crippen LogP contribution in [0.3, 0.4) is 0 Å². The number of carbonyl (C=O) groups excluding carboxylic acids is 2. The molecule has 1 aromatic rings. The number of hydrogen-bond acceptors (Lipinski definition) is 3. The van der Waals surface area contributed by atoms with E-state index in [0.717, 1.165) is 50.1 Å². The molecule has 0 atom stereocenters. The van der Waals surface area contributed by atoms with Crippen molar-refractivity contribution in [3.8, 4) is 0 Å². The highest BCUT2D eigenvalue weighted by Gasteiger charge is 2.23. The van der Waals surface area contributed by atoms with Crippen molar-refractivity contribution in [1.29, 1.82) is 0 Å². The minimum atomic E-state index is 0.0812. The number of amides is 2. The third-order valence-electron chi connectivity index (χ3n) is 5.63. The fourth-order valence-corrected chi connectivity index (χ4v) is 3.99. The second-order valence-electron chi connectivity index (χ2n) is 7.63. The minimum Gasteiger partial charge on any atom is -0.341 e. The molecule has 2 amide bonds. The standard InChI is InChI=1S/C21H31N3O2/c1-17-4-2-5-19(16-17)21(26)24-13-3-12-23(14-15-24)20(25)7-6-18-8-10-22-11-9-18/h2,4-5,16,18,22H,3,6-15H2,1H3. The number of carbonyl (C=O) groups is 2. The Kier molecular flexibility index (Phi) is 6.67. The number of nitrogens with one attached hydrogen (secondary N) is 1. The first-order valence-corrected chi connectivity index (χ1v) is 9.98. The average molecular weight is 357 g/mol. The van der Waals surface area contributed by atoms with Gasteiger partial charge < -0.3 is 15.1 Å². The van der Waals surface area contributed by atoms with Gasteiger partial charge in [0.05, 0.1) is 0 Å². The molecule has 2 saturated heterocycles. The summed E-state index contributed by atoms with van der Waals surface area (Å²) in [5.41, 5.74) is 1.84. The normalized spacial score (nSPS) is 19.3. The fourth-order valence-electron chi connectivity index (χ4n) is 3.99. The van der Waals surface area contributed by atoms with Crippen molar-refractivity contribution in [2.24, 2.45) is 5.92 Å². The molecule has 2 aliphatic rings. The van der Waals surface area contributed by atoms with Crippen LogP contribution >= 0.6 is 0 Å². The molecule has 2 fully saturated rings. The highest BCUT2D eigenvalue weighted by molar-refractivity contribution is 5.94. The number of aryl methyl sites for hydroxylation is 1. The molecule has 1 aromatic carbocycles. The number of rotatable bonds is 4. The van der Waals surface area contributed by atoms with E-state index in [-0.39, 0.29) is 11.8 Å². The summed E-state index contributed by atoms with van der Waals surface area (Å²) in [6, 6.07) is 7.75. The summed E-state index contributed by atoms with van der Waals surface area (Å²) in [5, 5.41) is 3.37. The van der Waals surface area contributed by atoms with Gasteiger partial charge in [0.2, 0.25) is 5.91 Å². The summed E-state index contributed by atoms with van der Waals surface area (Å²) in [7, 11) is 0. The lowest BCUT2D eigenvalue weighted by atomic mass is 9.93. The molecule has 3 rings (SSSR count). The van der Waals surface area contributed by atoms with E-state index in [9.17, 15) is 9.59 Å². The molecule has 5 heteroatoms. The molecule has 0 bridgehead atoms. The Hall–Kier alpha value is -1.88. The van der Waals surface area contributed by atoms with Gasteiger partial charge >= 0.3 is 0 Å². The van der Waals surface area contributed by atoms with Gasteiger partial charge in [0.15, 0.2) is 0 Å². The van der Waals surface area contributed by atoms with Crippen LogP contribution in [0.4, 0.5) is 0 Å². The molecular formula is C21H31N3O2. The summed E-state index contributed by atoms with van der Waals surface area (Å²) in [4.78, 5) is 29.2. The van der Waals surface area contributed by atoms with Gasteiger partial charge in [0, 0.05) is 38.2 Å². The van der Waals surface area contributed by atoms with Crippen molar-refractivity contribution in [3.05, 3.63) is 35.4 Å². The highest BCUT2D eigenvalue weighted by Crippen LogP contribution is 2.19. The lowest BCUT2D eigenvalue weighted by Gasteiger charge is -2.25. The molecule has 1 N–H and O–H groups in total. The Morgan fingerprint density at radius 1 is 1.08 bits per heavy atom. The van der Waals surface area contributed by atoms with E-state index in [2.05, 4.69) is 5.32 Å². The molecule has 26 heavy (non-hydrogen) atoms. The van der Waals surface area contributed by atoms with E-state index in [4.69, 9.17) is 0 Å². The number of hydrogen-bond donors (Lipinski definition) is 1. The van der Waals surface area contributed by atoms with Crippen molar-refractivity contribution < 1.29 is 9.59 Å². The van der Waals surface area contributed by atoms with E-state index >= 15 is 0 Å². The molecular weight excluding hydrogens is 326 g/mol. The van der Waals surface area contributed by atoms with Gasteiger partial charge in [-0.2, -0.15) is 0 Å². The maximum atomic E-state index is 12.7. The van der Waals surface area contributed by atoms with Crippen LogP contribution < -0.4 is 5.32 Å². The predicted molar refractivity (Wildman–Crippen MR) is 103 cm³/mol. The summed E-state index contributed by atoms with van der Waals surface area (Å²) in [5.74, 6) is 1.03. The molecule has 0 unspecified atom stereocenters. The quantitative estimate of drug-likeness (QED) is 0.901. The maximum Gasteiger partial charge on any atom is 0.253 e. The van der Waals surface area contributed by atoms with E-state index in [1.54, 1.807) is 0 Å². The van der Waals surface area contributed by atoms with Crippen LogP contribution in [0.5, 0.6) is 0 Å². The second kappa shape index (κ2) is 9.17. The molecule has 0 saturated carbocycles. The minimum absolute atomic E-state index is 0.0812. The van der Waals surface area contributed by atoms with Gasteiger partial charge in [-0.05, 0) is 63.7 Å². The predicted octanol–water partition coefficient (Wildman–Crippen LogP) is 2.45. The smallest absolute Gasteiger partial charge is 0.253 e. The summed E-state index contributed by atoms with van der Waals surface area (Å²) >= 11 is 0. The van der Waals surface area contributed by atoms with E-state index in [1.807, 2.05) is 41.0 Å². The lowest BCUT2D eigenvalue weighted by Crippen LogP contribution is -2.37. The number of benzene rings is 1. The first-order valence-electron chi connectivity index (χ1n) is 9.98. The third-order valence-corrected chi connectivity index (χ3v) is 5.63. The zero-order valence-electron chi connectivity index (χ0n) is 15.9. The fraction of sp³-hybridized carbons (Fsp3) is 0.619. The molecule has 5 nitrogen and oxygen atoms in total. The molecule has 0 aromatic heterocycles. The lowest BCUT2D eigenvalue weighted by molar-refractivity contribution is -0.131. The van der Waals surface area contributed by atoms with Crippen LogP contribution in [-0.4, -0.2) is 60.9 Å². The topological polar surface area (TPSA) is 52.7 Å². The summed E-state index contributed by atoms with van der Waals surface area (Å²) in [6.45, 7) is 6.95. The van der Waals surface area contributed by atoms with Gasteiger partial charge in [-0.1, -0.05) is 17.7 Å². The molecule has 142 valence electrons. The zero-order valence-corrected chi connectivity index (χ0v) is 15.9. The first kappa shape index (κ1) is 18.9. The van der Waals surface area contributed by atoms with Crippen LogP contribution in [0.1, 0.15) is 48.0 Å². The van der Waals surface area contributed by atoms with Crippen LogP contribution in [0.25, 0.3) is 0 Å². The Labute approximate surface area is 156 Å². The van der Waals surface area contributed by atoms with E-state index < -0.39 is 0 Å². The van der Waals surface area contributed by atoms with Crippen molar-refractivity contribution in [2.75, 3.05) is 39.3 Å². The molecule has 0 radical (unpaired) electrons. The van der Waals surface area contributed by atoms with Crippen LogP contribution in [0.2, 0.25) is 0 Å². The van der Waals surface area contributed by atoms with Crippen LogP contribution in [0, 0.1) is 12.8 Å². The summed E-state index contributed by atoms with van der Waals surface area (Å²) in [6.07, 6.45) is 4.88. The van der Waals surface area contributed by atoms with Crippen LogP contribution in [0.15, 0.2) is 24.3 Å². The van der Waals surface area contributed by atoms with Crippen molar-refractivity contribution >= 4 is 11.8 Å². The van der Waals surface area contributed by atoms with Gasteiger partial charge in [0.1, 0.15) is 0 Å². The van der Waals surface area contributed by atoms with Crippen LogP contribution in [-0.2, 0) is 4.79 Å². The Morgan fingerprint density at radius 2 is 1.81 bits per heavy atom. The van der Waals surface area contributed by atoms with E-state index in [0.29, 0.717) is 25.4 Å². The largest absolute Gasteiger partial charge is 0.341 e. The van der Waals surface area contributed by atoms with Gasteiger partial charge in [-0.25, -0.2) is 0 Å². The SMILES string of the molecule is Cc1cccc(C(=O)N2CCCN(C(=O)CCC3CCNCC3)CC2)c1. The molecule has 2 aliphatic heterocycles. The monoisotopic (exact) mass is 357 g/mol. The Morgan fingerprint density at radius 3 is 2.58 bits per heavy atom. The van der Waals surface area contributed by atoms with Gasteiger partial charge in [-0.3, -0.25) is 9.59 Å². The first-order chi connectivity index (χ1) is 12.6. The zero-order chi connectivity index (χ0) is 18.4. The summed E-state index contributed by atoms with van der Waals surface area (Å²) < 4.78 is 0. The Bertz CT molecular complexity index is 625. The second-order valence-corrected chi connectivity index (χ2v) is 7.63. The van der Waals surface area contributed by atoms with E-state index in [1.165, 1.54) is 12.8 Å².